The van der Waals surface area contributed by atoms with E-state index in [1.54, 1.807) is 36.4 Å². The number of ether oxygens (including phenoxy) is 1. The maximum absolute atomic E-state index is 12.9. The fourth-order valence-corrected chi connectivity index (χ4v) is 2.23. The first-order chi connectivity index (χ1) is 12.2. The first kappa shape index (κ1) is 16.6. The molecule has 0 unspecified atom stereocenters. The van der Waals surface area contributed by atoms with Gasteiger partial charge in [0.2, 0.25) is 0 Å². The van der Waals surface area contributed by atoms with Crippen molar-refractivity contribution in [1.29, 1.82) is 0 Å². The summed E-state index contributed by atoms with van der Waals surface area (Å²) < 4.78 is 23.5. The van der Waals surface area contributed by atoms with Crippen LogP contribution in [0.4, 0.5) is 4.39 Å². The number of benzene rings is 2. The largest absolute Gasteiger partial charge is 0.493 e. The van der Waals surface area contributed by atoms with E-state index in [2.05, 4.69) is 15.5 Å². The number of amides is 1. The van der Waals surface area contributed by atoms with E-state index in [0.717, 1.165) is 0 Å². The smallest absolute Gasteiger partial charge is 0.257 e. The Kier molecular flexibility index (Phi) is 5.03. The van der Waals surface area contributed by atoms with E-state index < -0.39 is 0 Å². The molecule has 0 radical (unpaired) electrons. The molecule has 25 heavy (non-hydrogen) atoms. The molecule has 1 N–H and O–H groups in total. The van der Waals surface area contributed by atoms with Crippen LogP contribution in [0.3, 0.4) is 0 Å². The minimum absolute atomic E-state index is 0.101. The predicted molar refractivity (Wildman–Crippen MR) is 88.5 cm³/mol. The zero-order chi connectivity index (χ0) is 17.6. The Morgan fingerprint density at radius 3 is 2.72 bits per heavy atom. The monoisotopic (exact) mass is 341 g/mol. The first-order valence-corrected chi connectivity index (χ1v) is 7.76. The lowest BCUT2D eigenvalue weighted by Gasteiger charge is -2.09. The van der Waals surface area contributed by atoms with E-state index in [0.29, 0.717) is 29.3 Å². The third-order valence-corrected chi connectivity index (χ3v) is 3.40. The third kappa shape index (κ3) is 4.00. The van der Waals surface area contributed by atoms with Gasteiger partial charge in [-0.25, -0.2) is 4.39 Å². The van der Waals surface area contributed by atoms with Gasteiger partial charge in [0.05, 0.1) is 18.7 Å². The summed E-state index contributed by atoms with van der Waals surface area (Å²) in [6, 6.07) is 12.7. The van der Waals surface area contributed by atoms with Crippen LogP contribution in [0.15, 0.2) is 53.1 Å². The summed E-state index contributed by atoms with van der Waals surface area (Å²) in [6.45, 7) is 2.42. The molecule has 3 rings (SSSR count). The zero-order valence-corrected chi connectivity index (χ0v) is 13.5. The minimum atomic E-state index is -0.344. The van der Waals surface area contributed by atoms with E-state index in [1.165, 1.54) is 12.1 Å². The van der Waals surface area contributed by atoms with Crippen LogP contribution in [-0.2, 0) is 6.54 Å². The van der Waals surface area contributed by atoms with Crippen LogP contribution in [0.25, 0.3) is 11.5 Å². The second-order valence-electron chi connectivity index (χ2n) is 5.13. The molecule has 2 aromatic carbocycles. The van der Waals surface area contributed by atoms with Crippen LogP contribution in [0.2, 0.25) is 0 Å². The van der Waals surface area contributed by atoms with E-state index in [1.807, 2.05) is 6.92 Å². The number of rotatable bonds is 6. The van der Waals surface area contributed by atoms with Crippen LogP contribution in [-0.4, -0.2) is 22.7 Å². The molecule has 128 valence electrons. The van der Waals surface area contributed by atoms with Crippen molar-refractivity contribution in [3.63, 3.8) is 0 Å². The summed E-state index contributed by atoms with van der Waals surface area (Å²) in [5.41, 5.74) is 1.04. The highest BCUT2D eigenvalue weighted by atomic mass is 19.1. The number of para-hydroxylation sites is 1. The summed E-state index contributed by atoms with van der Waals surface area (Å²) in [5, 5.41) is 6.54. The quantitative estimate of drug-likeness (QED) is 0.745. The summed E-state index contributed by atoms with van der Waals surface area (Å²) in [7, 11) is 0. The van der Waals surface area contributed by atoms with Crippen LogP contribution in [0.5, 0.6) is 5.75 Å². The average Bonchev–Trinajstić information content (AvgIpc) is 3.10. The molecule has 3 aromatic rings. The molecular weight excluding hydrogens is 325 g/mol. The second-order valence-corrected chi connectivity index (χ2v) is 5.13. The minimum Gasteiger partial charge on any atom is -0.493 e. The summed E-state index contributed by atoms with van der Waals surface area (Å²) in [5.74, 6) is 0.462. The number of halogens is 1. The van der Waals surface area contributed by atoms with Crippen molar-refractivity contribution >= 4 is 5.91 Å². The van der Waals surface area contributed by atoms with Gasteiger partial charge in [0.1, 0.15) is 11.6 Å². The highest BCUT2D eigenvalue weighted by Crippen LogP contribution is 2.19. The molecule has 0 aliphatic rings. The van der Waals surface area contributed by atoms with E-state index in [9.17, 15) is 9.18 Å². The maximum Gasteiger partial charge on any atom is 0.257 e. The van der Waals surface area contributed by atoms with Gasteiger partial charge in [0.15, 0.2) is 5.82 Å². The van der Waals surface area contributed by atoms with Gasteiger partial charge < -0.3 is 14.6 Å². The number of hydrogen-bond donors (Lipinski definition) is 1. The molecule has 0 atom stereocenters. The van der Waals surface area contributed by atoms with Gasteiger partial charge in [-0.1, -0.05) is 17.3 Å². The van der Waals surface area contributed by atoms with Gasteiger partial charge in [0, 0.05) is 5.56 Å². The van der Waals surface area contributed by atoms with Gasteiger partial charge in [-0.3, -0.25) is 4.79 Å². The molecular formula is C18H16FN3O3. The normalized spacial score (nSPS) is 10.5. The van der Waals surface area contributed by atoms with Gasteiger partial charge >= 0.3 is 0 Å². The molecule has 7 heteroatoms. The highest BCUT2D eigenvalue weighted by molar-refractivity contribution is 5.96. The van der Waals surface area contributed by atoms with Crippen molar-refractivity contribution in [3.05, 3.63) is 65.7 Å². The molecule has 0 spiro atoms. The SMILES string of the molecule is CCOc1ccccc1C(=O)NCc1noc(-c2ccc(F)cc2)n1. The number of hydrogen-bond acceptors (Lipinski definition) is 5. The molecule has 0 saturated carbocycles. The lowest BCUT2D eigenvalue weighted by Crippen LogP contribution is -2.24. The number of nitrogens with one attached hydrogen (secondary N) is 1. The van der Waals surface area contributed by atoms with Crippen LogP contribution in [0.1, 0.15) is 23.1 Å². The molecule has 0 aliphatic carbocycles. The van der Waals surface area contributed by atoms with Crippen LogP contribution >= 0.6 is 0 Å². The van der Waals surface area contributed by atoms with Crippen molar-refractivity contribution in [3.8, 4) is 17.2 Å². The predicted octanol–water partition coefficient (Wildman–Crippen LogP) is 3.20. The Balaban J connectivity index is 1.66. The molecule has 1 amide bonds. The topological polar surface area (TPSA) is 77.2 Å². The summed E-state index contributed by atoms with van der Waals surface area (Å²) >= 11 is 0. The van der Waals surface area contributed by atoms with Crippen molar-refractivity contribution < 1.29 is 18.4 Å². The van der Waals surface area contributed by atoms with Crippen molar-refractivity contribution in [1.82, 2.24) is 15.5 Å². The van der Waals surface area contributed by atoms with Gasteiger partial charge in [-0.15, -0.1) is 0 Å². The van der Waals surface area contributed by atoms with Crippen molar-refractivity contribution in [2.24, 2.45) is 0 Å². The molecule has 0 aliphatic heterocycles. The molecule has 6 nitrogen and oxygen atoms in total. The fraction of sp³-hybridized carbons (Fsp3) is 0.167. The summed E-state index contributed by atoms with van der Waals surface area (Å²) in [6.07, 6.45) is 0. The molecule has 0 saturated heterocycles. The highest BCUT2D eigenvalue weighted by Gasteiger charge is 2.14. The Bertz CT molecular complexity index is 862. The number of carbonyl (C=O) groups excluding carboxylic acids is 1. The van der Waals surface area contributed by atoms with Gasteiger partial charge in [0.25, 0.3) is 11.8 Å². The standard InChI is InChI=1S/C18H16FN3O3/c1-2-24-15-6-4-3-5-14(15)17(23)20-11-16-21-18(25-22-16)12-7-9-13(19)10-8-12/h3-10H,2,11H2,1H3,(H,20,23). The van der Waals surface area contributed by atoms with E-state index in [-0.39, 0.29) is 24.2 Å². The maximum atomic E-state index is 12.9. The van der Waals surface area contributed by atoms with E-state index >= 15 is 0 Å². The number of aromatic nitrogens is 2. The lowest BCUT2D eigenvalue weighted by molar-refractivity contribution is 0.0946. The first-order valence-electron chi connectivity index (χ1n) is 7.76. The number of carbonyl (C=O) groups is 1. The van der Waals surface area contributed by atoms with Crippen LogP contribution in [0, 0.1) is 5.82 Å². The molecule has 1 aromatic heterocycles. The summed E-state index contributed by atoms with van der Waals surface area (Å²) in [4.78, 5) is 16.5. The number of nitrogens with zero attached hydrogens (tertiary/aromatic N) is 2. The van der Waals surface area contributed by atoms with Gasteiger partial charge in [-0.05, 0) is 43.3 Å². The molecule has 1 heterocycles. The van der Waals surface area contributed by atoms with Crippen molar-refractivity contribution in [2.75, 3.05) is 6.61 Å². The van der Waals surface area contributed by atoms with Crippen molar-refractivity contribution in [2.45, 2.75) is 13.5 Å². The third-order valence-electron chi connectivity index (χ3n) is 3.40. The Labute approximate surface area is 143 Å². The van der Waals surface area contributed by atoms with Gasteiger partial charge in [-0.2, -0.15) is 4.98 Å². The zero-order valence-electron chi connectivity index (χ0n) is 13.5. The fourth-order valence-electron chi connectivity index (χ4n) is 2.23. The Hall–Kier alpha value is -3.22. The second kappa shape index (κ2) is 7.57. The average molecular weight is 341 g/mol. The van der Waals surface area contributed by atoms with Crippen LogP contribution < -0.4 is 10.1 Å². The molecule has 0 bridgehead atoms. The Morgan fingerprint density at radius 2 is 1.96 bits per heavy atom. The Morgan fingerprint density at radius 1 is 1.20 bits per heavy atom. The molecule has 0 fully saturated rings. The lowest BCUT2D eigenvalue weighted by atomic mass is 10.2. The van der Waals surface area contributed by atoms with E-state index in [4.69, 9.17) is 9.26 Å².